The van der Waals surface area contributed by atoms with Gasteiger partial charge in [-0.25, -0.2) is 0 Å². The smallest absolute Gasteiger partial charge is 0.151 e. The van der Waals surface area contributed by atoms with Crippen molar-refractivity contribution in [1.29, 1.82) is 5.26 Å². The molecule has 0 saturated carbocycles. The summed E-state index contributed by atoms with van der Waals surface area (Å²) >= 11 is 3.17. The molecule has 1 aromatic carbocycles. The SMILES string of the molecule is N#Cc1c(Br)cccc1C=O. The highest BCUT2D eigenvalue weighted by atomic mass is 79.9. The molecule has 0 aliphatic heterocycles. The van der Waals surface area contributed by atoms with Gasteiger partial charge in [0.05, 0.1) is 5.56 Å². The van der Waals surface area contributed by atoms with Crippen LogP contribution in [-0.4, -0.2) is 6.29 Å². The van der Waals surface area contributed by atoms with Gasteiger partial charge in [-0.3, -0.25) is 4.79 Å². The van der Waals surface area contributed by atoms with Gasteiger partial charge < -0.3 is 0 Å². The monoisotopic (exact) mass is 209 g/mol. The summed E-state index contributed by atoms with van der Waals surface area (Å²) in [4.78, 5) is 10.4. The summed E-state index contributed by atoms with van der Waals surface area (Å²) in [5.74, 6) is 0. The van der Waals surface area contributed by atoms with Gasteiger partial charge in [-0.05, 0) is 22.0 Å². The number of halogens is 1. The first-order valence-electron chi connectivity index (χ1n) is 2.93. The maximum Gasteiger partial charge on any atom is 0.151 e. The molecule has 1 aromatic rings. The van der Waals surface area contributed by atoms with E-state index in [1.165, 1.54) is 0 Å². The lowest BCUT2D eigenvalue weighted by atomic mass is 10.1. The minimum Gasteiger partial charge on any atom is -0.298 e. The standard InChI is InChI=1S/C8H4BrNO/c9-8-3-1-2-6(5-11)7(8)4-10/h1-3,5H. The Morgan fingerprint density at radius 1 is 1.55 bits per heavy atom. The van der Waals surface area contributed by atoms with Crippen molar-refractivity contribution < 1.29 is 4.79 Å². The van der Waals surface area contributed by atoms with E-state index in [1.54, 1.807) is 18.2 Å². The Hall–Kier alpha value is -1.14. The molecule has 0 radical (unpaired) electrons. The molecule has 0 fully saturated rings. The molecule has 0 saturated heterocycles. The lowest BCUT2D eigenvalue weighted by Crippen LogP contribution is -1.87. The molecule has 0 aliphatic carbocycles. The predicted molar refractivity (Wildman–Crippen MR) is 44.2 cm³/mol. The number of hydrogen-bond acceptors (Lipinski definition) is 2. The molecular formula is C8H4BrNO. The van der Waals surface area contributed by atoms with Crippen LogP contribution in [0.2, 0.25) is 0 Å². The van der Waals surface area contributed by atoms with E-state index < -0.39 is 0 Å². The molecule has 0 aromatic heterocycles. The first-order chi connectivity index (χ1) is 5.29. The van der Waals surface area contributed by atoms with Crippen molar-refractivity contribution in [3.63, 3.8) is 0 Å². The molecule has 11 heavy (non-hydrogen) atoms. The largest absolute Gasteiger partial charge is 0.298 e. The van der Waals surface area contributed by atoms with Crippen LogP contribution in [0.4, 0.5) is 0 Å². The van der Waals surface area contributed by atoms with Gasteiger partial charge in [0.25, 0.3) is 0 Å². The summed E-state index contributed by atoms with van der Waals surface area (Å²) < 4.78 is 0.657. The van der Waals surface area contributed by atoms with Crippen LogP contribution >= 0.6 is 15.9 Å². The summed E-state index contributed by atoms with van der Waals surface area (Å²) in [7, 11) is 0. The molecule has 2 nitrogen and oxygen atoms in total. The molecule has 0 unspecified atom stereocenters. The molecule has 1 rings (SSSR count). The fraction of sp³-hybridized carbons (Fsp3) is 0. The van der Waals surface area contributed by atoms with E-state index in [-0.39, 0.29) is 0 Å². The molecule has 0 N–H and O–H groups in total. The van der Waals surface area contributed by atoms with Gasteiger partial charge in [0.15, 0.2) is 6.29 Å². The van der Waals surface area contributed by atoms with E-state index in [4.69, 9.17) is 5.26 Å². The van der Waals surface area contributed by atoms with E-state index in [0.29, 0.717) is 21.9 Å². The highest BCUT2D eigenvalue weighted by Crippen LogP contribution is 2.17. The zero-order valence-electron chi connectivity index (χ0n) is 5.54. The van der Waals surface area contributed by atoms with Crippen molar-refractivity contribution in [2.75, 3.05) is 0 Å². The van der Waals surface area contributed by atoms with E-state index in [9.17, 15) is 4.79 Å². The number of hydrogen-bond donors (Lipinski definition) is 0. The zero-order chi connectivity index (χ0) is 8.27. The fourth-order valence-electron chi connectivity index (χ4n) is 0.757. The normalized spacial score (nSPS) is 8.73. The van der Waals surface area contributed by atoms with Crippen molar-refractivity contribution in [1.82, 2.24) is 0 Å². The highest BCUT2D eigenvalue weighted by Gasteiger charge is 2.02. The molecule has 54 valence electrons. The number of carbonyl (C=O) groups excluding carboxylic acids is 1. The van der Waals surface area contributed by atoms with Crippen molar-refractivity contribution in [3.8, 4) is 6.07 Å². The Morgan fingerprint density at radius 3 is 2.73 bits per heavy atom. The number of benzene rings is 1. The van der Waals surface area contributed by atoms with Crippen molar-refractivity contribution in [3.05, 3.63) is 33.8 Å². The summed E-state index contributed by atoms with van der Waals surface area (Å²) in [5.41, 5.74) is 0.810. The third-order valence-electron chi connectivity index (χ3n) is 1.28. The van der Waals surface area contributed by atoms with E-state index >= 15 is 0 Å². The molecule has 0 atom stereocenters. The average molecular weight is 210 g/mol. The van der Waals surface area contributed by atoms with Crippen LogP contribution < -0.4 is 0 Å². The topological polar surface area (TPSA) is 40.9 Å². The Morgan fingerprint density at radius 2 is 2.27 bits per heavy atom. The van der Waals surface area contributed by atoms with Crippen molar-refractivity contribution in [2.24, 2.45) is 0 Å². The van der Waals surface area contributed by atoms with Crippen LogP contribution in [0.3, 0.4) is 0 Å². The quantitative estimate of drug-likeness (QED) is 0.666. The molecule has 0 bridgehead atoms. The Kier molecular flexibility index (Phi) is 2.40. The fourth-order valence-corrected chi connectivity index (χ4v) is 1.23. The van der Waals surface area contributed by atoms with Crippen LogP contribution in [0.1, 0.15) is 15.9 Å². The highest BCUT2D eigenvalue weighted by molar-refractivity contribution is 9.10. The van der Waals surface area contributed by atoms with E-state index in [0.717, 1.165) is 0 Å². The predicted octanol–water partition coefficient (Wildman–Crippen LogP) is 2.13. The summed E-state index contributed by atoms with van der Waals surface area (Å²) in [6.45, 7) is 0. The minimum atomic E-state index is 0.391. The maximum absolute atomic E-state index is 10.4. The summed E-state index contributed by atoms with van der Waals surface area (Å²) in [5, 5.41) is 8.59. The van der Waals surface area contributed by atoms with Crippen LogP contribution in [-0.2, 0) is 0 Å². The Balaban J connectivity index is 3.38. The second-order valence-electron chi connectivity index (χ2n) is 1.93. The number of rotatable bonds is 1. The van der Waals surface area contributed by atoms with Gasteiger partial charge in [-0.15, -0.1) is 0 Å². The van der Waals surface area contributed by atoms with Crippen LogP contribution in [0.5, 0.6) is 0 Å². The van der Waals surface area contributed by atoms with Crippen molar-refractivity contribution >= 4 is 22.2 Å². The van der Waals surface area contributed by atoms with Gasteiger partial charge in [0, 0.05) is 10.0 Å². The second-order valence-corrected chi connectivity index (χ2v) is 2.79. The van der Waals surface area contributed by atoms with Gasteiger partial charge in [-0.1, -0.05) is 12.1 Å². The third-order valence-corrected chi connectivity index (χ3v) is 1.95. The number of nitriles is 1. The molecular weight excluding hydrogens is 206 g/mol. The zero-order valence-corrected chi connectivity index (χ0v) is 7.13. The summed E-state index contributed by atoms with van der Waals surface area (Å²) in [6.07, 6.45) is 0.670. The molecule has 3 heteroatoms. The minimum absolute atomic E-state index is 0.391. The number of nitrogens with zero attached hydrogens (tertiary/aromatic N) is 1. The molecule has 0 heterocycles. The third kappa shape index (κ3) is 1.47. The van der Waals surface area contributed by atoms with Gasteiger partial charge in [0.1, 0.15) is 6.07 Å². The Bertz CT molecular complexity index is 327. The molecule has 0 amide bonds. The first kappa shape index (κ1) is 7.96. The Labute approximate surface area is 72.6 Å². The number of aldehydes is 1. The van der Waals surface area contributed by atoms with Gasteiger partial charge in [-0.2, -0.15) is 5.26 Å². The first-order valence-corrected chi connectivity index (χ1v) is 3.72. The lowest BCUT2D eigenvalue weighted by molar-refractivity contribution is 0.112. The van der Waals surface area contributed by atoms with Crippen LogP contribution in [0.25, 0.3) is 0 Å². The van der Waals surface area contributed by atoms with E-state index in [2.05, 4.69) is 15.9 Å². The second kappa shape index (κ2) is 3.31. The number of carbonyl (C=O) groups is 1. The van der Waals surface area contributed by atoms with Crippen LogP contribution in [0.15, 0.2) is 22.7 Å². The molecule has 0 aliphatic rings. The lowest BCUT2D eigenvalue weighted by Gasteiger charge is -1.95. The van der Waals surface area contributed by atoms with E-state index in [1.807, 2.05) is 6.07 Å². The van der Waals surface area contributed by atoms with Gasteiger partial charge in [0.2, 0.25) is 0 Å². The summed E-state index contributed by atoms with van der Waals surface area (Å²) in [6, 6.07) is 6.99. The van der Waals surface area contributed by atoms with Gasteiger partial charge >= 0.3 is 0 Å². The molecule has 0 spiro atoms. The average Bonchev–Trinajstić information content (AvgIpc) is 2.04. The van der Waals surface area contributed by atoms with Crippen LogP contribution in [0, 0.1) is 11.3 Å². The maximum atomic E-state index is 10.4. The van der Waals surface area contributed by atoms with Crippen molar-refractivity contribution in [2.45, 2.75) is 0 Å².